The summed E-state index contributed by atoms with van der Waals surface area (Å²) in [5, 5.41) is 0. The van der Waals surface area contributed by atoms with Gasteiger partial charge in [-0.3, -0.25) is 4.79 Å². The lowest BCUT2D eigenvalue weighted by Crippen LogP contribution is -2.03. The fraction of sp³-hybridized carbons (Fsp3) is 0.235. The Morgan fingerprint density at radius 1 is 1.10 bits per heavy atom. The van der Waals surface area contributed by atoms with Crippen molar-refractivity contribution in [3.05, 3.63) is 58.6 Å². The normalized spacial score (nSPS) is 10.4. The number of ketones is 1. The molecule has 0 aliphatic heterocycles. The molecule has 0 saturated heterocycles. The molecule has 0 amide bonds. The van der Waals surface area contributed by atoms with Gasteiger partial charge in [0.2, 0.25) is 0 Å². The highest BCUT2D eigenvalue weighted by Gasteiger charge is 2.05. The fourth-order valence-electron chi connectivity index (χ4n) is 1.87. The molecule has 0 atom stereocenters. The first kappa shape index (κ1) is 16.1. The van der Waals surface area contributed by atoms with E-state index in [1.54, 1.807) is 11.8 Å². The lowest BCUT2D eigenvalue weighted by molar-refractivity contribution is 0.0973. The van der Waals surface area contributed by atoms with Gasteiger partial charge in [-0.05, 0) is 49.1 Å². The number of hydrogen-bond donors (Lipinski definition) is 0. The molecule has 0 spiro atoms. The molecule has 2 aromatic rings. The maximum Gasteiger partial charge on any atom is 0.163 e. The predicted molar refractivity (Wildman–Crippen MR) is 91.4 cm³/mol. The highest BCUT2D eigenvalue weighted by molar-refractivity contribution is 9.10. The number of carbonyl (C=O) groups excluding carboxylic acids is 1. The van der Waals surface area contributed by atoms with Crippen LogP contribution in [0.15, 0.2) is 57.9 Å². The second kappa shape index (κ2) is 8.25. The minimum atomic E-state index is 0.156. The highest BCUT2D eigenvalue weighted by Crippen LogP contribution is 2.19. The van der Waals surface area contributed by atoms with Gasteiger partial charge < -0.3 is 4.74 Å². The predicted octanol–water partition coefficient (Wildman–Crippen LogP) is 5.21. The van der Waals surface area contributed by atoms with Crippen LogP contribution in [0, 0.1) is 0 Å². The van der Waals surface area contributed by atoms with Gasteiger partial charge in [-0.1, -0.05) is 28.1 Å². The number of rotatable bonds is 7. The van der Waals surface area contributed by atoms with Crippen LogP contribution in [-0.4, -0.2) is 18.6 Å². The first-order valence-electron chi connectivity index (χ1n) is 6.74. The van der Waals surface area contributed by atoms with Crippen LogP contribution < -0.4 is 4.74 Å². The third kappa shape index (κ3) is 5.21. The van der Waals surface area contributed by atoms with Gasteiger partial charge in [0, 0.05) is 21.4 Å². The Kier molecular flexibility index (Phi) is 6.33. The molecule has 0 saturated carbocycles. The van der Waals surface area contributed by atoms with Crippen molar-refractivity contribution in [2.75, 3.05) is 12.9 Å². The van der Waals surface area contributed by atoms with Gasteiger partial charge in [-0.15, -0.1) is 11.8 Å². The van der Waals surface area contributed by atoms with Crippen molar-refractivity contribution in [2.45, 2.75) is 17.7 Å². The van der Waals surface area contributed by atoms with Crippen molar-refractivity contribution < 1.29 is 9.53 Å². The van der Waals surface area contributed by atoms with E-state index in [1.807, 2.05) is 54.8 Å². The van der Waals surface area contributed by atoms with Crippen LogP contribution >= 0.6 is 27.7 Å². The quantitative estimate of drug-likeness (QED) is 0.383. The summed E-state index contributed by atoms with van der Waals surface area (Å²) < 4.78 is 6.62. The fourth-order valence-corrected chi connectivity index (χ4v) is 2.55. The Hall–Kier alpha value is -1.26. The Balaban J connectivity index is 1.73. The monoisotopic (exact) mass is 364 g/mol. The van der Waals surface area contributed by atoms with E-state index in [0.29, 0.717) is 13.0 Å². The number of Topliss-reactive ketones (excluding diaryl/α,β-unsaturated/α-hetero) is 1. The maximum absolute atomic E-state index is 12.0. The molecule has 2 nitrogen and oxygen atoms in total. The van der Waals surface area contributed by atoms with Gasteiger partial charge in [-0.25, -0.2) is 0 Å². The Morgan fingerprint density at radius 3 is 2.38 bits per heavy atom. The summed E-state index contributed by atoms with van der Waals surface area (Å²) in [6.45, 7) is 0.556. The number of benzene rings is 2. The SMILES string of the molecule is CSc1ccc(OCCCC(=O)c2ccc(Br)cc2)cc1. The largest absolute Gasteiger partial charge is 0.494 e. The van der Waals surface area contributed by atoms with Crippen LogP contribution in [0.3, 0.4) is 0 Å². The summed E-state index contributed by atoms with van der Waals surface area (Å²) in [5.41, 5.74) is 0.752. The summed E-state index contributed by atoms with van der Waals surface area (Å²) >= 11 is 5.07. The van der Waals surface area contributed by atoms with Gasteiger partial charge in [-0.2, -0.15) is 0 Å². The van der Waals surface area contributed by atoms with E-state index in [9.17, 15) is 4.79 Å². The molecule has 0 aliphatic rings. The second-order valence-electron chi connectivity index (χ2n) is 4.56. The molecule has 0 N–H and O–H groups in total. The zero-order valence-corrected chi connectivity index (χ0v) is 14.2. The number of ether oxygens (including phenoxy) is 1. The van der Waals surface area contributed by atoms with Crippen LogP contribution in [0.2, 0.25) is 0 Å². The lowest BCUT2D eigenvalue weighted by Gasteiger charge is -2.06. The third-order valence-corrected chi connectivity index (χ3v) is 4.31. The van der Waals surface area contributed by atoms with Crippen LogP contribution in [-0.2, 0) is 0 Å². The van der Waals surface area contributed by atoms with Gasteiger partial charge in [0.15, 0.2) is 5.78 Å². The van der Waals surface area contributed by atoms with E-state index >= 15 is 0 Å². The Bertz CT molecular complexity index is 579. The molecule has 0 bridgehead atoms. The van der Waals surface area contributed by atoms with Crippen molar-refractivity contribution >= 4 is 33.5 Å². The molecular formula is C17H17BrO2S. The summed E-state index contributed by atoms with van der Waals surface area (Å²) in [5.74, 6) is 1.01. The molecule has 2 aromatic carbocycles. The number of carbonyl (C=O) groups is 1. The van der Waals surface area contributed by atoms with Crippen molar-refractivity contribution in [3.8, 4) is 5.75 Å². The smallest absolute Gasteiger partial charge is 0.163 e. The first-order valence-corrected chi connectivity index (χ1v) is 8.76. The first-order chi connectivity index (χ1) is 10.2. The summed E-state index contributed by atoms with van der Waals surface area (Å²) in [4.78, 5) is 13.2. The second-order valence-corrected chi connectivity index (χ2v) is 6.35. The maximum atomic E-state index is 12.0. The Labute approximate surface area is 138 Å². The molecule has 0 aromatic heterocycles. The standard InChI is InChI=1S/C17H17BrO2S/c1-21-16-10-8-15(9-11-16)20-12-2-3-17(19)13-4-6-14(18)7-5-13/h4-11H,2-3,12H2,1H3. The van der Waals surface area contributed by atoms with Crippen molar-refractivity contribution in [1.82, 2.24) is 0 Å². The average Bonchev–Trinajstić information content (AvgIpc) is 2.52. The van der Waals surface area contributed by atoms with Crippen molar-refractivity contribution in [1.29, 1.82) is 0 Å². The Morgan fingerprint density at radius 2 is 1.76 bits per heavy atom. The molecule has 0 aliphatic carbocycles. The van der Waals surface area contributed by atoms with Crippen LogP contribution in [0.25, 0.3) is 0 Å². The summed E-state index contributed by atoms with van der Waals surface area (Å²) in [6.07, 6.45) is 3.27. The van der Waals surface area contributed by atoms with E-state index in [2.05, 4.69) is 15.9 Å². The molecule has 0 unspecified atom stereocenters. The van der Waals surface area contributed by atoms with Gasteiger partial charge in [0.25, 0.3) is 0 Å². The molecule has 2 rings (SSSR count). The van der Waals surface area contributed by atoms with E-state index in [0.717, 1.165) is 22.2 Å². The van der Waals surface area contributed by atoms with Crippen LogP contribution in [0.1, 0.15) is 23.2 Å². The average molecular weight is 365 g/mol. The number of thioether (sulfide) groups is 1. The molecule has 0 radical (unpaired) electrons. The zero-order valence-electron chi connectivity index (χ0n) is 11.8. The van der Waals surface area contributed by atoms with Crippen LogP contribution in [0.4, 0.5) is 0 Å². The molecule has 0 fully saturated rings. The van der Waals surface area contributed by atoms with Gasteiger partial charge in [0.05, 0.1) is 6.61 Å². The number of hydrogen-bond acceptors (Lipinski definition) is 3. The lowest BCUT2D eigenvalue weighted by atomic mass is 10.1. The zero-order chi connectivity index (χ0) is 15.1. The molecule has 21 heavy (non-hydrogen) atoms. The van der Waals surface area contributed by atoms with E-state index < -0.39 is 0 Å². The topological polar surface area (TPSA) is 26.3 Å². The molecular weight excluding hydrogens is 348 g/mol. The summed E-state index contributed by atoms with van der Waals surface area (Å²) in [6, 6.07) is 15.4. The third-order valence-electron chi connectivity index (χ3n) is 3.04. The van der Waals surface area contributed by atoms with E-state index in [-0.39, 0.29) is 5.78 Å². The minimum Gasteiger partial charge on any atom is -0.494 e. The molecule has 110 valence electrons. The molecule has 0 heterocycles. The van der Waals surface area contributed by atoms with Gasteiger partial charge >= 0.3 is 0 Å². The highest BCUT2D eigenvalue weighted by atomic mass is 79.9. The number of halogens is 1. The van der Waals surface area contributed by atoms with Crippen molar-refractivity contribution in [3.63, 3.8) is 0 Å². The summed E-state index contributed by atoms with van der Waals surface area (Å²) in [7, 11) is 0. The van der Waals surface area contributed by atoms with E-state index in [4.69, 9.17) is 4.74 Å². The van der Waals surface area contributed by atoms with Gasteiger partial charge in [0.1, 0.15) is 5.75 Å². The van der Waals surface area contributed by atoms with Crippen LogP contribution in [0.5, 0.6) is 5.75 Å². The van der Waals surface area contributed by atoms with E-state index in [1.165, 1.54) is 4.90 Å². The minimum absolute atomic E-state index is 0.156. The van der Waals surface area contributed by atoms with Crippen molar-refractivity contribution in [2.24, 2.45) is 0 Å². The molecule has 4 heteroatoms.